The molecule has 2 aromatic heterocycles. The summed E-state index contributed by atoms with van der Waals surface area (Å²) in [6, 6.07) is 0. The summed E-state index contributed by atoms with van der Waals surface area (Å²) in [6.07, 6.45) is 1.65. The Bertz CT molecular complexity index is 435. The van der Waals surface area contributed by atoms with E-state index in [1.54, 1.807) is 13.1 Å². The Morgan fingerprint density at radius 1 is 1.33 bits per heavy atom. The van der Waals surface area contributed by atoms with Crippen LogP contribution in [0.15, 0.2) is 6.20 Å². The number of rotatable bonds is 0. The summed E-state index contributed by atoms with van der Waals surface area (Å²) in [6.45, 7) is 1.77. The summed E-state index contributed by atoms with van der Waals surface area (Å²) in [5.41, 5.74) is 1.36. The molecule has 0 saturated heterocycles. The third kappa shape index (κ3) is 1.06. The number of nitrogens with zero attached hydrogens (tertiary/aromatic N) is 2. The average Bonchev–Trinajstić information content (AvgIpc) is 2.33. The van der Waals surface area contributed by atoms with Crippen LogP contribution >= 0.6 is 23.2 Å². The number of aryl methyl sites for hydroxylation is 1. The smallest absolute Gasteiger partial charge is 0.156 e. The predicted octanol–water partition coefficient (Wildman–Crippen LogP) is 2.57. The Balaban J connectivity index is 2.92. The summed E-state index contributed by atoms with van der Waals surface area (Å²) in [4.78, 5) is 11.0. The van der Waals surface area contributed by atoms with E-state index in [2.05, 4.69) is 15.0 Å². The van der Waals surface area contributed by atoms with Crippen LogP contribution in [-0.2, 0) is 0 Å². The molecule has 0 aliphatic heterocycles. The maximum Gasteiger partial charge on any atom is 0.156 e. The minimum Gasteiger partial charge on any atom is -0.356 e. The molecule has 0 spiro atoms. The molecular formula is C7H5Cl2N3. The molecule has 62 valence electrons. The molecular weight excluding hydrogens is 197 g/mol. The fourth-order valence-electron chi connectivity index (χ4n) is 1.04. The molecule has 12 heavy (non-hydrogen) atoms. The molecule has 5 heteroatoms. The van der Waals surface area contributed by atoms with Crippen molar-refractivity contribution in [3.63, 3.8) is 0 Å². The van der Waals surface area contributed by atoms with E-state index in [-0.39, 0.29) is 0 Å². The molecule has 3 nitrogen and oxygen atoms in total. The number of fused-ring (bicyclic) bond motifs is 1. The molecule has 0 bridgehead atoms. The summed E-state index contributed by atoms with van der Waals surface area (Å²) >= 11 is 11.7. The molecule has 0 aromatic carbocycles. The second-order valence-corrected chi connectivity index (χ2v) is 3.19. The highest BCUT2D eigenvalue weighted by Gasteiger charge is 2.07. The lowest BCUT2D eigenvalue weighted by Gasteiger charge is -1.94. The van der Waals surface area contributed by atoms with Crippen LogP contribution in [0.4, 0.5) is 0 Å². The quantitative estimate of drug-likeness (QED) is 0.667. The first kappa shape index (κ1) is 7.83. The van der Waals surface area contributed by atoms with E-state index in [1.807, 2.05) is 0 Å². The molecule has 2 heterocycles. The van der Waals surface area contributed by atoms with Crippen LogP contribution < -0.4 is 0 Å². The van der Waals surface area contributed by atoms with Crippen molar-refractivity contribution >= 4 is 34.2 Å². The fourth-order valence-corrected chi connectivity index (χ4v) is 1.50. The van der Waals surface area contributed by atoms with Gasteiger partial charge >= 0.3 is 0 Å². The van der Waals surface area contributed by atoms with Gasteiger partial charge in [0, 0.05) is 6.20 Å². The predicted molar refractivity (Wildman–Crippen MR) is 48.6 cm³/mol. The van der Waals surface area contributed by atoms with Gasteiger partial charge in [-0.2, -0.15) is 0 Å². The van der Waals surface area contributed by atoms with E-state index in [9.17, 15) is 0 Å². The molecule has 0 amide bonds. The van der Waals surface area contributed by atoms with Crippen molar-refractivity contribution in [2.45, 2.75) is 6.92 Å². The van der Waals surface area contributed by atoms with Crippen molar-refractivity contribution in [2.75, 3.05) is 0 Å². The van der Waals surface area contributed by atoms with Crippen LogP contribution in [0.5, 0.6) is 0 Å². The van der Waals surface area contributed by atoms with Crippen molar-refractivity contribution in [3.8, 4) is 0 Å². The largest absolute Gasteiger partial charge is 0.356 e. The average molecular weight is 202 g/mol. The lowest BCUT2D eigenvalue weighted by atomic mass is 10.4. The van der Waals surface area contributed by atoms with Crippen molar-refractivity contribution in [2.24, 2.45) is 0 Å². The van der Waals surface area contributed by atoms with Gasteiger partial charge in [-0.05, 0) is 6.92 Å². The van der Waals surface area contributed by atoms with Gasteiger partial charge in [-0.15, -0.1) is 0 Å². The summed E-state index contributed by atoms with van der Waals surface area (Å²) < 4.78 is 0. The molecule has 0 atom stereocenters. The van der Waals surface area contributed by atoms with Gasteiger partial charge in [0.15, 0.2) is 5.15 Å². The van der Waals surface area contributed by atoms with Gasteiger partial charge in [0.2, 0.25) is 0 Å². The minimum absolute atomic E-state index is 0.407. The standard InChI is InChI=1S/C7H5Cl2N3/c1-3-11-5-4(8)2-10-6(5)7(9)12-3/h2,10H,1H3. The zero-order chi connectivity index (χ0) is 8.72. The van der Waals surface area contributed by atoms with Crippen LogP contribution in [0.2, 0.25) is 10.2 Å². The van der Waals surface area contributed by atoms with Crippen molar-refractivity contribution < 1.29 is 0 Å². The molecule has 0 fully saturated rings. The summed E-state index contributed by atoms with van der Waals surface area (Å²) in [5.74, 6) is 0.619. The third-order valence-electron chi connectivity index (χ3n) is 1.55. The molecule has 0 saturated carbocycles. The molecule has 0 aliphatic carbocycles. The lowest BCUT2D eigenvalue weighted by Crippen LogP contribution is -1.88. The second kappa shape index (κ2) is 2.61. The normalized spacial score (nSPS) is 10.9. The summed E-state index contributed by atoms with van der Waals surface area (Å²) in [5, 5.41) is 0.974. The highest BCUT2D eigenvalue weighted by Crippen LogP contribution is 2.25. The zero-order valence-electron chi connectivity index (χ0n) is 6.23. The van der Waals surface area contributed by atoms with Crippen LogP contribution in [0, 0.1) is 6.92 Å². The third-order valence-corrected chi connectivity index (χ3v) is 2.11. The van der Waals surface area contributed by atoms with E-state index < -0.39 is 0 Å². The van der Waals surface area contributed by atoms with Crippen LogP contribution in [0.1, 0.15) is 5.82 Å². The van der Waals surface area contributed by atoms with Crippen molar-refractivity contribution in [3.05, 3.63) is 22.2 Å². The number of aromatic nitrogens is 3. The molecule has 0 radical (unpaired) electrons. The van der Waals surface area contributed by atoms with Gasteiger partial charge in [-0.25, -0.2) is 9.97 Å². The first-order valence-electron chi connectivity index (χ1n) is 3.35. The number of halogens is 2. The Hall–Kier alpha value is -0.800. The van der Waals surface area contributed by atoms with Gasteiger partial charge in [0.05, 0.1) is 5.02 Å². The SMILES string of the molecule is Cc1nc(Cl)c2[nH]cc(Cl)c2n1. The number of hydrogen-bond acceptors (Lipinski definition) is 2. The van der Waals surface area contributed by atoms with Crippen LogP contribution in [-0.4, -0.2) is 15.0 Å². The number of nitrogens with one attached hydrogen (secondary N) is 1. The van der Waals surface area contributed by atoms with Crippen LogP contribution in [0.3, 0.4) is 0 Å². The number of hydrogen-bond donors (Lipinski definition) is 1. The maximum absolute atomic E-state index is 5.84. The van der Waals surface area contributed by atoms with Gasteiger partial charge in [-0.3, -0.25) is 0 Å². The molecule has 2 rings (SSSR count). The highest BCUT2D eigenvalue weighted by molar-refractivity contribution is 6.38. The Labute approximate surface area is 78.7 Å². The van der Waals surface area contributed by atoms with Gasteiger partial charge in [0.1, 0.15) is 16.9 Å². The van der Waals surface area contributed by atoms with E-state index >= 15 is 0 Å². The number of H-pyrrole nitrogens is 1. The molecule has 0 unspecified atom stereocenters. The lowest BCUT2D eigenvalue weighted by molar-refractivity contribution is 1.09. The van der Waals surface area contributed by atoms with E-state index in [1.165, 1.54) is 0 Å². The fraction of sp³-hybridized carbons (Fsp3) is 0.143. The van der Waals surface area contributed by atoms with E-state index in [0.717, 1.165) is 0 Å². The Kier molecular flexibility index (Phi) is 1.70. The Morgan fingerprint density at radius 2 is 2.08 bits per heavy atom. The van der Waals surface area contributed by atoms with Gasteiger partial charge in [-0.1, -0.05) is 23.2 Å². The second-order valence-electron chi connectivity index (χ2n) is 2.42. The maximum atomic E-state index is 5.84. The zero-order valence-corrected chi connectivity index (χ0v) is 7.74. The van der Waals surface area contributed by atoms with E-state index in [4.69, 9.17) is 23.2 Å². The number of aromatic amines is 1. The molecule has 2 aromatic rings. The highest BCUT2D eigenvalue weighted by atomic mass is 35.5. The van der Waals surface area contributed by atoms with Crippen LogP contribution in [0.25, 0.3) is 11.0 Å². The first-order valence-corrected chi connectivity index (χ1v) is 4.11. The van der Waals surface area contributed by atoms with E-state index in [0.29, 0.717) is 27.0 Å². The first-order chi connectivity index (χ1) is 5.68. The monoisotopic (exact) mass is 201 g/mol. The minimum atomic E-state index is 0.407. The Morgan fingerprint density at radius 3 is 2.83 bits per heavy atom. The van der Waals surface area contributed by atoms with Crippen molar-refractivity contribution in [1.29, 1.82) is 0 Å². The topological polar surface area (TPSA) is 41.6 Å². The van der Waals surface area contributed by atoms with Gasteiger partial charge < -0.3 is 4.98 Å². The molecule has 0 aliphatic rings. The van der Waals surface area contributed by atoms with Gasteiger partial charge in [0.25, 0.3) is 0 Å². The summed E-state index contributed by atoms with van der Waals surface area (Å²) in [7, 11) is 0. The van der Waals surface area contributed by atoms with Crippen molar-refractivity contribution in [1.82, 2.24) is 15.0 Å². The molecule has 1 N–H and O–H groups in total.